The fraction of sp³-hybridized carbons (Fsp3) is 0.692. The van der Waals surface area contributed by atoms with Gasteiger partial charge >= 0.3 is 0 Å². The number of rotatable bonds is 2. The van der Waals surface area contributed by atoms with Gasteiger partial charge in [0, 0.05) is 30.5 Å². The van der Waals surface area contributed by atoms with Crippen molar-refractivity contribution in [1.29, 1.82) is 0 Å². The second kappa shape index (κ2) is 4.61. The van der Waals surface area contributed by atoms with Crippen molar-refractivity contribution in [3.63, 3.8) is 0 Å². The van der Waals surface area contributed by atoms with Crippen LogP contribution in [0, 0.1) is 20.8 Å². The average molecular weight is 234 g/mol. The van der Waals surface area contributed by atoms with Crippen molar-refractivity contribution in [2.45, 2.75) is 33.2 Å². The predicted octanol–water partition coefficient (Wildman–Crippen LogP) is 1.54. The van der Waals surface area contributed by atoms with Crippen LogP contribution in [-0.4, -0.2) is 48.1 Å². The lowest BCUT2D eigenvalue weighted by Crippen LogP contribution is -2.32. The molecule has 1 saturated heterocycles. The summed E-state index contributed by atoms with van der Waals surface area (Å²) < 4.78 is 0. The molecule has 0 aromatic carbocycles. The lowest BCUT2D eigenvalue weighted by molar-refractivity contribution is 0.315. The van der Waals surface area contributed by atoms with Crippen molar-refractivity contribution < 1.29 is 0 Å². The molecule has 0 amide bonds. The smallest absolute Gasteiger partial charge is 0.225 e. The Balaban J connectivity index is 2.19. The average Bonchev–Trinajstić information content (AvgIpc) is 2.74. The number of likely N-dealkylation sites (N-methyl/N-ethyl adjacent to an activating group) is 1. The Bertz CT molecular complexity index is 391. The van der Waals surface area contributed by atoms with E-state index in [2.05, 4.69) is 54.6 Å². The monoisotopic (exact) mass is 234 g/mol. The molecule has 1 unspecified atom stereocenters. The van der Waals surface area contributed by atoms with E-state index in [9.17, 15) is 0 Å². The maximum atomic E-state index is 4.61. The van der Waals surface area contributed by atoms with Crippen LogP contribution in [0.3, 0.4) is 0 Å². The molecule has 0 saturated carbocycles. The molecule has 1 aromatic rings. The zero-order valence-electron chi connectivity index (χ0n) is 11.5. The summed E-state index contributed by atoms with van der Waals surface area (Å²) in [6.45, 7) is 8.31. The molecule has 2 rings (SSSR count). The van der Waals surface area contributed by atoms with Gasteiger partial charge in [0.2, 0.25) is 5.95 Å². The van der Waals surface area contributed by atoms with Gasteiger partial charge in [-0.3, -0.25) is 0 Å². The third-order valence-corrected chi connectivity index (χ3v) is 3.80. The van der Waals surface area contributed by atoms with Crippen LogP contribution >= 0.6 is 0 Å². The topological polar surface area (TPSA) is 32.3 Å². The van der Waals surface area contributed by atoms with Crippen LogP contribution in [0.5, 0.6) is 0 Å². The van der Waals surface area contributed by atoms with Gasteiger partial charge in [-0.25, -0.2) is 9.97 Å². The van der Waals surface area contributed by atoms with E-state index in [4.69, 9.17) is 0 Å². The van der Waals surface area contributed by atoms with E-state index >= 15 is 0 Å². The molecule has 0 radical (unpaired) electrons. The van der Waals surface area contributed by atoms with E-state index in [1.165, 1.54) is 12.0 Å². The molecule has 1 fully saturated rings. The number of aryl methyl sites for hydroxylation is 2. The van der Waals surface area contributed by atoms with E-state index in [0.29, 0.717) is 6.04 Å². The van der Waals surface area contributed by atoms with Crippen LogP contribution in [0.25, 0.3) is 0 Å². The molecule has 0 aliphatic carbocycles. The fourth-order valence-corrected chi connectivity index (χ4v) is 2.24. The van der Waals surface area contributed by atoms with Crippen LogP contribution in [0.15, 0.2) is 0 Å². The quantitative estimate of drug-likeness (QED) is 0.777. The minimum absolute atomic E-state index is 0.625. The van der Waals surface area contributed by atoms with Gasteiger partial charge in [-0.1, -0.05) is 0 Å². The van der Waals surface area contributed by atoms with Gasteiger partial charge in [0.25, 0.3) is 0 Å². The fourth-order valence-electron chi connectivity index (χ4n) is 2.24. The molecule has 0 spiro atoms. The van der Waals surface area contributed by atoms with Gasteiger partial charge in [-0.05, 0) is 46.9 Å². The summed E-state index contributed by atoms with van der Waals surface area (Å²) in [5, 5.41) is 0. The molecular weight excluding hydrogens is 212 g/mol. The molecular formula is C13H22N4. The first-order chi connectivity index (χ1) is 7.99. The van der Waals surface area contributed by atoms with Gasteiger partial charge in [-0.2, -0.15) is 0 Å². The van der Waals surface area contributed by atoms with Crippen LogP contribution in [0.1, 0.15) is 23.4 Å². The van der Waals surface area contributed by atoms with Crippen molar-refractivity contribution in [2.24, 2.45) is 0 Å². The standard InChI is InChI=1S/C13H22N4/c1-9-10(2)14-13(15-11(9)3)17-7-6-12(8-17)16(4)5/h12H,6-8H2,1-5H3. The van der Waals surface area contributed by atoms with Gasteiger partial charge < -0.3 is 9.80 Å². The summed E-state index contributed by atoms with van der Waals surface area (Å²) in [6.07, 6.45) is 1.20. The molecule has 1 aromatic heterocycles. The molecule has 0 N–H and O–H groups in total. The highest BCUT2D eigenvalue weighted by molar-refractivity contribution is 5.37. The van der Waals surface area contributed by atoms with Gasteiger partial charge in [0.15, 0.2) is 0 Å². The van der Waals surface area contributed by atoms with E-state index in [0.717, 1.165) is 30.4 Å². The summed E-state index contributed by atoms with van der Waals surface area (Å²) in [5.41, 5.74) is 3.40. The maximum absolute atomic E-state index is 4.61. The van der Waals surface area contributed by atoms with Gasteiger partial charge in [0.1, 0.15) is 0 Å². The van der Waals surface area contributed by atoms with E-state index < -0.39 is 0 Å². The molecule has 4 heteroatoms. The van der Waals surface area contributed by atoms with Crippen LogP contribution in [0.4, 0.5) is 5.95 Å². The number of anilines is 1. The number of nitrogens with zero attached hydrogens (tertiary/aromatic N) is 4. The Kier molecular flexibility index (Phi) is 3.33. The first-order valence-corrected chi connectivity index (χ1v) is 6.22. The lowest BCUT2D eigenvalue weighted by atomic mass is 10.2. The zero-order chi connectivity index (χ0) is 12.6. The highest BCUT2D eigenvalue weighted by atomic mass is 15.3. The lowest BCUT2D eigenvalue weighted by Gasteiger charge is -2.21. The maximum Gasteiger partial charge on any atom is 0.225 e. The highest BCUT2D eigenvalue weighted by Crippen LogP contribution is 2.20. The Hall–Kier alpha value is -1.16. The van der Waals surface area contributed by atoms with Crippen LogP contribution in [0.2, 0.25) is 0 Å². The minimum atomic E-state index is 0.625. The molecule has 2 heterocycles. The third-order valence-electron chi connectivity index (χ3n) is 3.80. The van der Waals surface area contributed by atoms with Crippen molar-refractivity contribution in [1.82, 2.24) is 14.9 Å². The van der Waals surface area contributed by atoms with Crippen molar-refractivity contribution in [2.75, 3.05) is 32.1 Å². The summed E-state index contributed by atoms with van der Waals surface area (Å²) in [5.74, 6) is 0.898. The molecule has 94 valence electrons. The molecule has 0 bridgehead atoms. The summed E-state index contributed by atoms with van der Waals surface area (Å²) in [4.78, 5) is 13.8. The van der Waals surface area contributed by atoms with E-state index in [1.807, 2.05) is 0 Å². The SMILES string of the molecule is Cc1nc(N2CCC(N(C)C)C2)nc(C)c1C. The molecule has 1 aliphatic rings. The Morgan fingerprint density at radius 3 is 2.18 bits per heavy atom. The summed E-state index contributed by atoms with van der Waals surface area (Å²) >= 11 is 0. The largest absolute Gasteiger partial charge is 0.339 e. The minimum Gasteiger partial charge on any atom is -0.339 e. The number of aromatic nitrogens is 2. The van der Waals surface area contributed by atoms with Gasteiger partial charge in [0.05, 0.1) is 0 Å². The third kappa shape index (κ3) is 2.41. The number of hydrogen-bond acceptors (Lipinski definition) is 4. The van der Waals surface area contributed by atoms with Crippen LogP contribution in [-0.2, 0) is 0 Å². The summed E-state index contributed by atoms with van der Waals surface area (Å²) in [7, 11) is 4.28. The number of hydrogen-bond donors (Lipinski definition) is 0. The van der Waals surface area contributed by atoms with Crippen molar-refractivity contribution in [3.05, 3.63) is 17.0 Å². The second-order valence-electron chi connectivity index (χ2n) is 5.17. The van der Waals surface area contributed by atoms with Gasteiger partial charge in [-0.15, -0.1) is 0 Å². The summed E-state index contributed by atoms with van der Waals surface area (Å²) in [6, 6.07) is 0.625. The highest BCUT2D eigenvalue weighted by Gasteiger charge is 2.26. The molecule has 17 heavy (non-hydrogen) atoms. The van der Waals surface area contributed by atoms with Crippen molar-refractivity contribution >= 4 is 5.95 Å². The second-order valence-corrected chi connectivity index (χ2v) is 5.17. The Morgan fingerprint density at radius 2 is 1.71 bits per heavy atom. The first kappa shape index (κ1) is 12.3. The Labute approximate surface area is 104 Å². The normalized spacial score (nSPS) is 20.4. The zero-order valence-corrected chi connectivity index (χ0v) is 11.5. The van der Waals surface area contributed by atoms with E-state index in [1.54, 1.807) is 0 Å². The first-order valence-electron chi connectivity index (χ1n) is 6.22. The molecule has 1 aliphatic heterocycles. The van der Waals surface area contributed by atoms with Crippen molar-refractivity contribution in [3.8, 4) is 0 Å². The van der Waals surface area contributed by atoms with Crippen LogP contribution < -0.4 is 4.90 Å². The van der Waals surface area contributed by atoms with E-state index in [-0.39, 0.29) is 0 Å². The Morgan fingerprint density at radius 1 is 1.12 bits per heavy atom. The molecule has 1 atom stereocenters. The molecule has 4 nitrogen and oxygen atoms in total. The predicted molar refractivity (Wildman–Crippen MR) is 70.5 cm³/mol.